The number of carbonyl (C=O) groups excluding carboxylic acids is 1. The summed E-state index contributed by atoms with van der Waals surface area (Å²) in [6.07, 6.45) is 0.290. The Labute approximate surface area is 96.5 Å². The number of hydrogen-bond acceptors (Lipinski definition) is 5. The Bertz CT molecular complexity index is 510. The van der Waals surface area contributed by atoms with Gasteiger partial charge in [0, 0.05) is 13.7 Å². The molecule has 1 N–H and O–H groups in total. The second kappa shape index (κ2) is 4.03. The van der Waals surface area contributed by atoms with Crippen molar-refractivity contribution in [2.75, 3.05) is 6.61 Å². The summed E-state index contributed by atoms with van der Waals surface area (Å²) >= 11 is 1.00. The first-order valence-corrected chi connectivity index (χ1v) is 5.78. The van der Waals surface area contributed by atoms with Crippen molar-refractivity contribution in [3.63, 3.8) is 0 Å². The molecule has 2 rings (SSSR count). The molecule has 0 bridgehead atoms. The van der Waals surface area contributed by atoms with Crippen molar-refractivity contribution in [3.8, 4) is 0 Å². The molecular weight excluding hydrogens is 228 g/mol. The Hall–Kier alpha value is -1.14. The molecule has 86 valence electrons. The van der Waals surface area contributed by atoms with E-state index in [0.717, 1.165) is 11.8 Å². The maximum absolute atomic E-state index is 12.0. The van der Waals surface area contributed by atoms with Gasteiger partial charge in [-0.3, -0.25) is 14.2 Å². The van der Waals surface area contributed by atoms with Crippen LogP contribution in [-0.2, 0) is 11.8 Å². The molecule has 1 unspecified atom stereocenters. The maximum Gasteiger partial charge on any atom is 0.258 e. The van der Waals surface area contributed by atoms with Gasteiger partial charge in [-0.05, 0) is 25.1 Å². The number of aliphatic hydroxyl groups is 1. The number of thioether (sulfide) groups is 1. The number of aryl methyl sites for hydroxylation is 1. The summed E-state index contributed by atoms with van der Waals surface area (Å²) in [7, 11) is 1.63. The van der Waals surface area contributed by atoms with Crippen molar-refractivity contribution < 1.29 is 9.90 Å². The summed E-state index contributed by atoms with van der Waals surface area (Å²) < 4.78 is 1.43. The van der Waals surface area contributed by atoms with Crippen LogP contribution in [0.1, 0.15) is 23.7 Å². The smallest absolute Gasteiger partial charge is 0.258 e. The Balaban J connectivity index is 2.61. The van der Waals surface area contributed by atoms with E-state index in [1.807, 2.05) is 0 Å². The van der Waals surface area contributed by atoms with Crippen LogP contribution in [0.15, 0.2) is 9.82 Å². The first kappa shape index (κ1) is 11.3. The molecule has 6 heteroatoms. The lowest BCUT2D eigenvalue weighted by Gasteiger charge is -2.08. The normalized spacial score (nSPS) is 18.9. The third-order valence-corrected chi connectivity index (χ3v) is 3.75. The van der Waals surface area contributed by atoms with Crippen LogP contribution in [0.5, 0.6) is 0 Å². The topological polar surface area (TPSA) is 72.2 Å². The van der Waals surface area contributed by atoms with Gasteiger partial charge in [-0.2, -0.15) is 0 Å². The van der Waals surface area contributed by atoms with Gasteiger partial charge in [0.05, 0.1) is 11.5 Å². The molecule has 0 saturated carbocycles. The lowest BCUT2D eigenvalue weighted by atomic mass is 10.0. The summed E-state index contributed by atoms with van der Waals surface area (Å²) in [6, 6.07) is 0. The first-order valence-electron chi connectivity index (χ1n) is 4.96. The number of aromatic nitrogens is 2. The van der Waals surface area contributed by atoms with Gasteiger partial charge in [0.1, 0.15) is 10.9 Å². The molecule has 0 radical (unpaired) electrons. The zero-order valence-electron chi connectivity index (χ0n) is 9.06. The second-order valence-corrected chi connectivity index (χ2v) is 4.72. The molecule has 5 nitrogen and oxygen atoms in total. The molecule has 0 aromatic carbocycles. The Kier molecular flexibility index (Phi) is 2.86. The van der Waals surface area contributed by atoms with Crippen LogP contribution < -0.4 is 5.56 Å². The number of fused-ring (bicyclic) bond motifs is 1. The molecule has 1 aliphatic rings. The first-order chi connectivity index (χ1) is 7.56. The predicted octanol–water partition coefficient (Wildman–Crippen LogP) is 0.187. The molecule has 1 aromatic rings. The second-order valence-electron chi connectivity index (χ2n) is 3.73. The fourth-order valence-corrected chi connectivity index (χ4v) is 2.84. The summed E-state index contributed by atoms with van der Waals surface area (Å²) in [5.41, 5.74) is 0.261. The van der Waals surface area contributed by atoms with Crippen molar-refractivity contribution in [1.82, 2.24) is 9.55 Å². The fraction of sp³-hybridized carbons (Fsp3) is 0.500. The van der Waals surface area contributed by atoms with E-state index in [0.29, 0.717) is 22.8 Å². The molecule has 1 atom stereocenters. The maximum atomic E-state index is 12.0. The molecule has 1 aromatic heterocycles. The Morgan fingerprint density at radius 2 is 2.19 bits per heavy atom. The standard InChI is InChI=1S/C10H12N2O3S/c1-5-11-8-7(9(14)12(5)2)6(3-4-13)10(15)16-8/h6,13H,3-4H2,1-2H3. The van der Waals surface area contributed by atoms with Crippen LogP contribution in [-0.4, -0.2) is 26.4 Å². The number of aliphatic hydroxyl groups excluding tert-OH is 1. The minimum absolute atomic E-state index is 0.0979. The zero-order chi connectivity index (χ0) is 11.9. The minimum atomic E-state index is -0.503. The van der Waals surface area contributed by atoms with E-state index in [-0.39, 0.29) is 17.3 Å². The quantitative estimate of drug-likeness (QED) is 0.747. The molecular formula is C10H12N2O3S. The van der Waals surface area contributed by atoms with Gasteiger partial charge >= 0.3 is 0 Å². The highest BCUT2D eigenvalue weighted by atomic mass is 32.2. The lowest BCUT2D eigenvalue weighted by Crippen LogP contribution is -2.26. The van der Waals surface area contributed by atoms with E-state index < -0.39 is 5.92 Å². The van der Waals surface area contributed by atoms with Crippen molar-refractivity contribution in [3.05, 3.63) is 21.7 Å². The number of nitrogens with zero attached hydrogens (tertiary/aromatic N) is 2. The molecule has 2 heterocycles. The van der Waals surface area contributed by atoms with Crippen molar-refractivity contribution in [2.24, 2.45) is 7.05 Å². The van der Waals surface area contributed by atoms with Crippen LogP contribution in [0.4, 0.5) is 0 Å². The number of rotatable bonds is 2. The van der Waals surface area contributed by atoms with E-state index >= 15 is 0 Å². The van der Waals surface area contributed by atoms with Crippen LogP contribution in [0.3, 0.4) is 0 Å². The van der Waals surface area contributed by atoms with Gasteiger partial charge in [-0.25, -0.2) is 4.98 Å². The third kappa shape index (κ3) is 1.58. The fourth-order valence-electron chi connectivity index (χ4n) is 1.75. The van der Waals surface area contributed by atoms with Crippen molar-refractivity contribution in [2.45, 2.75) is 24.3 Å². The van der Waals surface area contributed by atoms with Crippen LogP contribution in [0.25, 0.3) is 0 Å². The largest absolute Gasteiger partial charge is 0.396 e. The summed E-state index contributed by atoms with van der Waals surface area (Å²) in [5.74, 6) is 0.0884. The lowest BCUT2D eigenvalue weighted by molar-refractivity contribution is -0.112. The van der Waals surface area contributed by atoms with Crippen LogP contribution in [0.2, 0.25) is 0 Å². The zero-order valence-corrected chi connectivity index (χ0v) is 9.87. The van der Waals surface area contributed by atoms with E-state index in [1.165, 1.54) is 4.57 Å². The molecule has 0 saturated heterocycles. The highest BCUT2D eigenvalue weighted by molar-refractivity contribution is 8.14. The minimum Gasteiger partial charge on any atom is -0.396 e. The monoisotopic (exact) mass is 240 g/mol. The average Bonchev–Trinajstić information content (AvgIpc) is 2.53. The summed E-state index contributed by atoms with van der Waals surface area (Å²) in [5, 5.41) is 9.30. The van der Waals surface area contributed by atoms with E-state index in [1.54, 1.807) is 14.0 Å². The van der Waals surface area contributed by atoms with Gasteiger partial charge in [0.25, 0.3) is 5.56 Å². The highest BCUT2D eigenvalue weighted by Crippen LogP contribution is 2.39. The molecule has 0 aliphatic carbocycles. The van der Waals surface area contributed by atoms with Gasteiger partial charge in [0.2, 0.25) is 5.12 Å². The highest BCUT2D eigenvalue weighted by Gasteiger charge is 2.35. The number of carbonyl (C=O) groups is 1. The van der Waals surface area contributed by atoms with E-state index in [2.05, 4.69) is 4.98 Å². The summed E-state index contributed by atoms with van der Waals surface area (Å²) in [4.78, 5) is 27.9. The summed E-state index contributed by atoms with van der Waals surface area (Å²) in [6.45, 7) is 1.62. The van der Waals surface area contributed by atoms with Crippen molar-refractivity contribution >= 4 is 16.9 Å². The Morgan fingerprint density at radius 3 is 2.81 bits per heavy atom. The van der Waals surface area contributed by atoms with E-state index in [4.69, 9.17) is 5.11 Å². The third-order valence-electron chi connectivity index (χ3n) is 2.76. The van der Waals surface area contributed by atoms with Crippen LogP contribution >= 0.6 is 11.8 Å². The van der Waals surface area contributed by atoms with E-state index in [9.17, 15) is 9.59 Å². The van der Waals surface area contributed by atoms with Gasteiger partial charge in [0.15, 0.2) is 0 Å². The molecule has 0 spiro atoms. The predicted molar refractivity (Wildman–Crippen MR) is 59.5 cm³/mol. The molecule has 0 amide bonds. The van der Waals surface area contributed by atoms with Gasteiger partial charge in [-0.15, -0.1) is 0 Å². The Morgan fingerprint density at radius 1 is 1.50 bits per heavy atom. The van der Waals surface area contributed by atoms with Gasteiger partial charge < -0.3 is 5.11 Å². The molecule has 16 heavy (non-hydrogen) atoms. The SMILES string of the molecule is Cc1nc2c(c(=O)n1C)C(CCO)C(=O)S2. The molecule has 0 fully saturated rings. The average molecular weight is 240 g/mol. The van der Waals surface area contributed by atoms with Gasteiger partial charge in [-0.1, -0.05) is 0 Å². The number of hydrogen-bond donors (Lipinski definition) is 1. The van der Waals surface area contributed by atoms with Crippen LogP contribution in [0, 0.1) is 6.92 Å². The van der Waals surface area contributed by atoms with Crippen molar-refractivity contribution in [1.29, 1.82) is 0 Å². The molecule has 1 aliphatic heterocycles.